The maximum Gasteiger partial charge on any atom is 0.238 e. The second kappa shape index (κ2) is 5.20. The molecule has 0 unspecified atom stereocenters. The Morgan fingerprint density at radius 3 is 2.08 bits per heavy atom. The van der Waals surface area contributed by atoms with Gasteiger partial charge in [0.1, 0.15) is 34.0 Å². The molecule has 3 aromatic rings. The predicted octanol–water partition coefficient (Wildman–Crippen LogP) is 1.80. The fourth-order valence-electron chi connectivity index (χ4n) is 2.35. The first-order valence-corrected chi connectivity index (χ1v) is 6.56. The van der Waals surface area contributed by atoms with Gasteiger partial charge < -0.3 is 29.9 Å². The molecule has 0 aliphatic rings. The van der Waals surface area contributed by atoms with Crippen LogP contribution in [0.25, 0.3) is 22.3 Å². The van der Waals surface area contributed by atoms with Crippen molar-refractivity contribution in [2.24, 2.45) is 0 Å². The summed E-state index contributed by atoms with van der Waals surface area (Å²) in [6, 6.07) is 3.99. The minimum absolute atomic E-state index is 0.0880. The maximum atomic E-state index is 12.2. The van der Waals surface area contributed by atoms with Crippen molar-refractivity contribution in [1.82, 2.24) is 0 Å². The molecule has 5 N–H and O–H groups in total. The smallest absolute Gasteiger partial charge is 0.238 e. The minimum Gasteiger partial charge on any atom is -0.508 e. The lowest BCUT2D eigenvalue weighted by Gasteiger charge is -2.09. The summed E-state index contributed by atoms with van der Waals surface area (Å²) in [5, 5.41) is 48.4. The molecule has 2 aromatic carbocycles. The van der Waals surface area contributed by atoms with Crippen LogP contribution in [0.2, 0.25) is 0 Å². The standard InChI is InChI=1S/C16H10O8/c17-5-8-9(19)1-6(2-10(8)20)16-15(23)14(22)13-11(21)3-7(18)4-12(13)24-16/h1-5,18-21,23H. The third-order valence-electron chi connectivity index (χ3n) is 3.45. The Bertz CT molecular complexity index is 1030. The van der Waals surface area contributed by atoms with E-state index in [4.69, 9.17) is 4.42 Å². The molecule has 0 radical (unpaired) electrons. The Labute approximate surface area is 133 Å². The van der Waals surface area contributed by atoms with Crippen LogP contribution >= 0.6 is 0 Å². The lowest BCUT2D eigenvalue weighted by atomic mass is 10.1. The second-order valence-corrected chi connectivity index (χ2v) is 4.99. The number of carbonyl (C=O) groups excluding carboxylic acids is 1. The van der Waals surface area contributed by atoms with Gasteiger partial charge in [0.05, 0.1) is 5.56 Å². The summed E-state index contributed by atoms with van der Waals surface area (Å²) >= 11 is 0. The highest BCUT2D eigenvalue weighted by atomic mass is 16.4. The quantitative estimate of drug-likeness (QED) is 0.447. The van der Waals surface area contributed by atoms with Crippen LogP contribution in [0.15, 0.2) is 33.5 Å². The number of hydrogen-bond acceptors (Lipinski definition) is 8. The molecule has 0 aliphatic heterocycles. The lowest BCUT2D eigenvalue weighted by Crippen LogP contribution is -2.03. The van der Waals surface area contributed by atoms with Crippen LogP contribution < -0.4 is 5.43 Å². The van der Waals surface area contributed by atoms with Gasteiger partial charge in [0.25, 0.3) is 0 Å². The molecule has 0 aliphatic carbocycles. The molecule has 8 nitrogen and oxygen atoms in total. The van der Waals surface area contributed by atoms with Gasteiger partial charge in [-0.1, -0.05) is 0 Å². The Hall–Kier alpha value is -3.68. The molecular weight excluding hydrogens is 320 g/mol. The van der Waals surface area contributed by atoms with Crippen LogP contribution in [0.3, 0.4) is 0 Å². The van der Waals surface area contributed by atoms with Crippen molar-refractivity contribution in [2.75, 3.05) is 0 Å². The van der Waals surface area contributed by atoms with E-state index in [0.29, 0.717) is 0 Å². The highest BCUT2D eigenvalue weighted by Gasteiger charge is 2.20. The van der Waals surface area contributed by atoms with E-state index >= 15 is 0 Å². The van der Waals surface area contributed by atoms with Crippen molar-refractivity contribution in [1.29, 1.82) is 0 Å². The largest absolute Gasteiger partial charge is 0.508 e. The van der Waals surface area contributed by atoms with E-state index in [-0.39, 0.29) is 34.1 Å². The second-order valence-electron chi connectivity index (χ2n) is 4.99. The van der Waals surface area contributed by atoms with E-state index in [2.05, 4.69) is 0 Å². The number of rotatable bonds is 2. The number of aromatic hydroxyl groups is 5. The van der Waals surface area contributed by atoms with Crippen LogP contribution in [-0.2, 0) is 0 Å². The topological polar surface area (TPSA) is 148 Å². The fourth-order valence-corrected chi connectivity index (χ4v) is 2.35. The number of phenolic OH excluding ortho intramolecular Hbond substituents is 4. The molecule has 0 saturated carbocycles. The number of aldehydes is 1. The summed E-state index contributed by atoms with van der Waals surface area (Å²) in [7, 11) is 0. The molecule has 0 spiro atoms. The summed E-state index contributed by atoms with van der Waals surface area (Å²) in [4.78, 5) is 23.0. The average molecular weight is 330 g/mol. The molecule has 0 bridgehead atoms. The fraction of sp³-hybridized carbons (Fsp3) is 0. The first-order valence-electron chi connectivity index (χ1n) is 6.56. The molecule has 0 fully saturated rings. The molecule has 0 amide bonds. The van der Waals surface area contributed by atoms with E-state index in [1.165, 1.54) is 0 Å². The summed E-state index contributed by atoms with van der Waals surface area (Å²) in [6.07, 6.45) is 0.237. The van der Waals surface area contributed by atoms with Gasteiger partial charge in [0, 0.05) is 17.7 Å². The number of carbonyl (C=O) groups is 1. The number of benzene rings is 2. The van der Waals surface area contributed by atoms with Gasteiger partial charge in [-0.3, -0.25) is 9.59 Å². The van der Waals surface area contributed by atoms with Gasteiger partial charge in [0.2, 0.25) is 11.2 Å². The third-order valence-corrected chi connectivity index (χ3v) is 3.45. The zero-order valence-corrected chi connectivity index (χ0v) is 11.8. The summed E-state index contributed by atoms with van der Waals surface area (Å²) in [5.41, 5.74) is -1.64. The Balaban J connectivity index is 2.38. The molecule has 1 aromatic heterocycles. The molecule has 24 heavy (non-hydrogen) atoms. The maximum absolute atomic E-state index is 12.2. The SMILES string of the molecule is O=Cc1c(O)cc(-c2oc3cc(O)cc(O)c3c(=O)c2O)cc1O. The Kier molecular flexibility index (Phi) is 3.30. The molecule has 8 heteroatoms. The van der Waals surface area contributed by atoms with Crippen molar-refractivity contribution >= 4 is 17.3 Å². The third kappa shape index (κ3) is 2.17. The van der Waals surface area contributed by atoms with Crippen molar-refractivity contribution in [3.05, 3.63) is 40.1 Å². The molecule has 3 rings (SSSR count). The van der Waals surface area contributed by atoms with E-state index in [0.717, 1.165) is 24.3 Å². The van der Waals surface area contributed by atoms with E-state index in [1.54, 1.807) is 0 Å². The number of hydrogen-bond donors (Lipinski definition) is 5. The van der Waals surface area contributed by atoms with Crippen LogP contribution in [0.5, 0.6) is 28.7 Å². The van der Waals surface area contributed by atoms with Gasteiger partial charge in [-0.15, -0.1) is 0 Å². The first-order chi connectivity index (χ1) is 11.3. The highest BCUT2D eigenvalue weighted by Crippen LogP contribution is 2.38. The van der Waals surface area contributed by atoms with E-state index in [1.807, 2.05) is 0 Å². The van der Waals surface area contributed by atoms with Gasteiger partial charge in [-0.05, 0) is 12.1 Å². The van der Waals surface area contributed by atoms with Gasteiger partial charge in [0.15, 0.2) is 12.0 Å². The summed E-state index contributed by atoms with van der Waals surface area (Å²) < 4.78 is 5.32. The normalized spacial score (nSPS) is 10.8. The molecular formula is C16H10O8. The highest BCUT2D eigenvalue weighted by molar-refractivity contribution is 5.90. The van der Waals surface area contributed by atoms with Gasteiger partial charge in [-0.2, -0.15) is 0 Å². The number of fused-ring (bicyclic) bond motifs is 1. The van der Waals surface area contributed by atoms with E-state index < -0.39 is 34.2 Å². The minimum atomic E-state index is -0.970. The molecule has 0 saturated heterocycles. The first kappa shape index (κ1) is 15.2. The van der Waals surface area contributed by atoms with Gasteiger partial charge in [-0.25, -0.2) is 0 Å². The predicted molar refractivity (Wildman–Crippen MR) is 81.6 cm³/mol. The summed E-state index contributed by atoms with van der Waals surface area (Å²) in [5.74, 6) is -3.41. The average Bonchev–Trinajstić information content (AvgIpc) is 2.49. The molecule has 1 heterocycles. The Morgan fingerprint density at radius 2 is 1.50 bits per heavy atom. The zero-order chi connectivity index (χ0) is 17.6. The van der Waals surface area contributed by atoms with Crippen LogP contribution in [0, 0.1) is 0 Å². The lowest BCUT2D eigenvalue weighted by molar-refractivity contribution is 0.111. The Morgan fingerprint density at radius 1 is 0.875 bits per heavy atom. The molecule has 0 atom stereocenters. The monoisotopic (exact) mass is 330 g/mol. The zero-order valence-electron chi connectivity index (χ0n) is 11.8. The summed E-state index contributed by atoms with van der Waals surface area (Å²) in [6.45, 7) is 0. The number of phenols is 4. The molecule has 122 valence electrons. The van der Waals surface area contributed by atoms with Crippen molar-refractivity contribution < 1.29 is 34.7 Å². The van der Waals surface area contributed by atoms with E-state index in [9.17, 15) is 35.1 Å². The van der Waals surface area contributed by atoms with Crippen LogP contribution in [0.4, 0.5) is 0 Å². The van der Waals surface area contributed by atoms with Crippen LogP contribution in [-0.4, -0.2) is 31.8 Å². The van der Waals surface area contributed by atoms with Crippen molar-refractivity contribution in [3.63, 3.8) is 0 Å². The van der Waals surface area contributed by atoms with Crippen LogP contribution in [0.1, 0.15) is 10.4 Å². The van der Waals surface area contributed by atoms with Gasteiger partial charge >= 0.3 is 0 Å². The van der Waals surface area contributed by atoms with Crippen molar-refractivity contribution in [2.45, 2.75) is 0 Å². The van der Waals surface area contributed by atoms with Crippen molar-refractivity contribution in [3.8, 4) is 40.1 Å².